The summed E-state index contributed by atoms with van der Waals surface area (Å²) in [5.74, 6) is -0.709. The van der Waals surface area contributed by atoms with Crippen LogP contribution in [0, 0.1) is 5.92 Å². The number of hydrogen-bond donors (Lipinski definition) is 3. The van der Waals surface area contributed by atoms with Crippen molar-refractivity contribution in [2.75, 3.05) is 32.8 Å². The third-order valence-electron chi connectivity index (χ3n) is 4.61. The van der Waals surface area contributed by atoms with E-state index in [1.54, 1.807) is 12.1 Å². The van der Waals surface area contributed by atoms with Crippen molar-refractivity contribution in [2.45, 2.75) is 39.1 Å². The first-order valence-electron chi connectivity index (χ1n) is 10.4. The Morgan fingerprint density at radius 2 is 1.84 bits per heavy atom. The van der Waals surface area contributed by atoms with E-state index in [4.69, 9.17) is 20.9 Å². The summed E-state index contributed by atoms with van der Waals surface area (Å²) in [7, 11) is -0.518. The van der Waals surface area contributed by atoms with Gasteiger partial charge in [-0.1, -0.05) is 41.4 Å². The zero-order chi connectivity index (χ0) is 22.8. The molecule has 0 spiro atoms. The zero-order valence-electron chi connectivity index (χ0n) is 17.8. The smallest absolute Gasteiger partial charge is 0.410 e. The highest BCUT2D eigenvalue weighted by molar-refractivity contribution is 9.11. The molecule has 1 heterocycles. The molecule has 7 nitrogen and oxygen atoms in total. The van der Waals surface area contributed by atoms with Crippen LogP contribution in [0.25, 0.3) is 0 Å². The van der Waals surface area contributed by atoms with Crippen molar-refractivity contribution in [2.24, 2.45) is 5.92 Å². The second-order valence-electron chi connectivity index (χ2n) is 7.80. The second-order valence-corrected chi connectivity index (χ2v) is 9.95. The van der Waals surface area contributed by atoms with Crippen molar-refractivity contribution in [1.82, 2.24) is 16.0 Å². The predicted octanol–water partition coefficient (Wildman–Crippen LogP) is 3.57. The number of carbonyl (C=O) groups excluding carboxylic acids is 2. The fraction of sp³-hybridized carbons (Fsp3) is 0.600. The summed E-state index contributed by atoms with van der Waals surface area (Å²) >= 11 is 12.9. The van der Waals surface area contributed by atoms with Gasteiger partial charge in [0.15, 0.2) is 0 Å². The lowest BCUT2D eigenvalue weighted by Crippen LogP contribution is -2.52. The lowest BCUT2D eigenvalue weighted by Gasteiger charge is -2.27. The molecular weight excluding hydrogens is 552 g/mol. The van der Waals surface area contributed by atoms with Crippen LogP contribution >= 0.6 is 43.5 Å². The van der Waals surface area contributed by atoms with Gasteiger partial charge in [-0.15, -0.1) is 0 Å². The molecule has 0 aliphatic carbocycles. The molecule has 1 aromatic carbocycles. The van der Waals surface area contributed by atoms with Crippen LogP contribution in [0.4, 0.5) is 0 Å². The van der Waals surface area contributed by atoms with E-state index in [0.29, 0.717) is 34.5 Å². The van der Waals surface area contributed by atoms with Gasteiger partial charge in [-0.2, -0.15) is 0 Å². The Labute approximate surface area is 206 Å². The highest BCUT2D eigenvalue weighted by Gasteiger charge is 2.32. The van der Waals surface area contributed by atoms with Crippen LogP contribution in [0.1, 0.15) is 43.5 Å². The van der Waals surface area contributed by atoms with Crippen LogP contribution in [0.5, 0.6) is 0 Å². The number of rotatable bonds is 7. The summed E-state index contributed by atoms with van der Waals surface area (Å²) in [6.07, 6.45) is 2.45. The van der Waals surface area contributed by atoms with Crippen LogP contribution in [0.2, 0.25) is 5.02 Å². The summed E-state index contributed by atoms with van der Waals surface area (Å²) in [5.41, 5.74) is 0.280. The molecule has 0 radical (unpaired) electrons. The van der Waals surface area contributed by atoms with E-state index in [-0.39, 0.29) is 29.0 Å². The molecule has 2 amide bonds. The van der Waals surface area contributed by atoms with Crippen molar-refractivity contribution in [3.05, 3.63) is 31.7 Å². The van der Waals surface area contributed by atoms with Crippen LogP contribution in [-0.4, -0.2) is 57.7 Å². The lowest BCUT2D eigenvalue weighted by molar-refractivity contribution is -0.120. The van der Waals surface area contributed by atoms with Gasteiger partial charge in [-0.05, 0) is 66.3 Å². The summed E-state index contributed by atoms with van der Waals surface area (Å²) in [6.45, 7) is 6.88. The minimum absolute atomic E-state index is 0.176. The fourth-order valence-corrected chi connectivity index (χ4v) is 4.60. The Balaban J connectivity index is 1.97. The first kappa shape index (κ1) is 26.6. The minimum atomic E-state index is -0.518. The van der Waals surface area contributed by atoms with E-state index in [9.17, 15) is 9.59 Å². The molecule has 1 fully saturated rings. The van der Waals surface area contributed by atoms with Crippen molar-refractivity contribution in [3.8, 4) is 0 Å². The molecule has 1 saturated heterocycles. The van der Waals surface area contributed by atoms with Crippen molar-refractivity contribution < 1.29 is 18.9 Å². The Kier molecular flexibility index (Phi) is 11.8. The number of carbonyl (C=O) groups is 2. The number of halogens is 3. The zero-order valence-corrected chi connectivity index (χ0v) is 21.7. The van der Waals surface area contributed by atoms with Gasteiger partial charge < -0.3 is 25.3 Å². The van der Waals surface area contributed by atoms with E-state index < -0.39 is 13.0 Å². The first-order valence-corrected chi connectivity index (χ1v) is 12.4. The van der Waals surface area contributed by atoms with Gasteiger partial charge in [0.05, 0.1) is 23.1 Å². The maximum absolute atomic E-state index is 12.6. The summed E-state index contributed by atoms with van der Waals surface area (Å²) in [6, 6.07) is 3.36. The van der Waals surface area contributed by atoms with Crippen LogP contribution < -0.4 is 16.0 Å². The third kappa shape index (κ3) is 9.39. The molecule has 0 bridgehead atoms. The standard InChI is InChI=1S/C20H29BBr2ClN3O4/c1-13(2)9-17(21-30-7-3-5-25-6-4-8-31-21)27-18(28)12-26-20(29)15-10-14(22)11-16(23)19(15)24/h10-11,13,17,25H,3-9,12H2,1-2H3,(H,26,29)(H,27,28)/t17-/m0/s1. The topological polar surface area (TPSA) is 88.7 Å². The minimum Gasteiger partial charge on any atom is -0.410 e. The Morgan fingerprint density at radius 3 is 2.45 bits per heavy atom. The molecule has 172 valence electrons. The van der Waals surface area contributed by atoms with Crippen molar-refractivity contribution >= 4 is 62.4 Å². The summed E-state index contributed by atoms with van der Waals surface area (Å²) in [5, 5.41) is 9.22. The number of amides is 2. The summed E-state index contributed by atoms with van der Waals surface area (Å²) in [4.78, 5) is 25.1. The van der Waals surface area contributed by atoms with Gasteiger partial charge in [0.1, 0.15) is 0 Å². The Bertz CT molecular complexity index is 747. The van der Waals surface area contributed by atoms with Crippen molar-refractivity contribution in [1.29, 1.82) is 0 Å². The molecule has 1 atom stereocenters. The molecule has 11 heteroatoms. The number of hydrogen-bond acceptors (Lipinski definition) is 5. The van der Waals surface area contributed by atoms with E-state index in [1.807, 2.05) is 0 Å². The first-order chi connectivity index (χ1) is 14.8. The molecule has 1 aliphatic heterocycles. The lowest BCUT2D eigenvalue weighted by atomic mass is 9.73. The van der Waals surface area contributed by atoms with E-state index in [1.165, 1.54) is 0 Å². The largest absolute Gasteiger partial charge is 0.480 e. The van der Waals surface area contributed by atoms with Crippen LogP contribution in [0.3, 0.4) is 0 Å². The normalized spacial score (nSPS) is 16.6. The molecule has 0 aromatic heterocycles. The highest BCUT2D eigenvalue weighted by Crippen LogP contribution is 2.30. The van der Waals surface area contributed by atoms with Gasteiger partial charge in [-0.25, -0.2) is 0 Å². The SMILES string of the molecule is CC(C)C[C@H](NC(=O)CNC(=O)c1cc(Br)cc(Br)c1Cl)B1OCCCNCCCO1. The molecule has 0 unspecified atom stereocenters. The van der Waals surface area contributed by atoms with Gasteiger partial charge in [0.2, 0.25) is 5.91 Å². The second kappa shape index (κ2) is 13.8. The van der Waals surface area contributed by atoms with Gasteiger partial charge in [0.25, 0.3) is 5.91 Å². The maximum atomic E-state index is 12.6. The summed E-state index contributed by atoms with van der Waals surface area (Å²) < 4.78 is 13.2. The molecule has 2 rings (SSSR count). The quantitative estimate of drug-likeness (QED) is 0.339. The van der Waals surface area contributed by atoms with Gasteiger partial charge >= 0.3 is 7.12 Å². The molecule has 1 aromatic rings. The maximum Gasteiger partial charge on any atom is 0.480 e. The molecular formula is C20H29BBr2ClN3O4. The third-order valence-corrected chi connectivity index (χ3v) is 6.33. The molecule has 1 aliphatic rings. The van der Waals surface area contributed by atoms with Gasteiger partial charge in [-0.3, -0.25) is 9.59 Å². The molecule has 31 heavy (non-hydrogen) atoms. The fourth-order valence-electron chi connectivity index (χ4n) is 3.18. The number of benzene rings is 1. The monoisotopic (exact) mass is 579 g/mol. The van der Waals surface area contributed by atoms with Crippen LogP contribution in [-0.2, 0) is 14.1 Å². The molecule has 0 saturated carbocycles. The predicted molar refractivity (Wildman–Crippen MR) is 130 cm³/mol. The van der Waals surface area contributed by atoms with E-state index in [0.717, 1.165) is 25.9 Å². The Morgan fingerprint density at radius 1 is 1.19 bits per heavy atom. The Hall–Kier alpha value is -0.645. The molecule has 3 N–H and O–H groups in total. The van der Waals surface area contributed by atoms with Gasteiger partial charge in [0, 0.05) is 22.2 Å². The number of nitrogens with one attached hydrogen (secondary N) is 3. The van der Waals surface area contributed by atoms with E-state index >= 15 is 0 Å². The van der Waals surface area contributed by atoms with E-state index in [2.05, 4.69) is 61.7 Å². The van der Waals surface area contributed by atoms with Crippen molar-refractivity contribution in [3.63, 3.8) is 0 Å². The highest BCUT2D eigenvalue weighted by atomic mass is 79.9. The van der Waals surface area contributed by atoms with Crippen LogP contribution in [0.15, 0.2) is 21.1 Å². The average molecular weight is 582 g/mol. The average Bonchev–Trinajstić information content (AvgIpc) is 2.72.